The number of carbonyl (C=O) groups is 4. The third-order valence-electron chi connectivity index (χ3n) is 4.84. The number of anilines is 1. The molecule has 3 amide bonds. The highest BCUT2D eigenvalue weighted by Gasteiger charge is 2.30. The van der Waals surface area contributed by atoms with Crippen molar-refractivity contribution in [2.45, 2.75) is 45.1 Å². The van der Waals surface area contributed by atoms with Crippen LogP contribution in [0.1, 0.15) is 49.4 Å². The van der Waals surface area contributed by atoms with Crippen molar-refractivity contribution in [1.29, 1.82) is 0 Å². The third-order valence-corrected chi connectivity index (χ3v) is 4.84. The molecule has 1 aromatic rings. The quantitative estimate of drug-likeness (QED) is 0.606. The summed E-state index contributed by atoms with van der Waals surface area (Å²) in [5.74, 6) is -1.42. The van der Waals surface area contributed by atoms with Gasteiger partial charge in [0.25, 0.3) is 5.91 Å². The largest absolute Gasteiger partial charge is 0.452 e. The zero-order chi connectivity index (χ0) is 18.7. The normalized spacial score (nSPS) is 20.4. The Morgan fingerprint density at radius 3 is 2.58 bits per heavy atom. The Morgan fingerprint density at radius 2 is 1.88 bits per heavy atom. The predicted octanol–water partition coefficient (Wildman–Crippen LogP) is 1.90. The minimum atomic E-state index is -0.649. The van der Waals surface area contributed by atoms with Crippen LogP contribution in [-0.4, -0.2) is 47.8 Å². The van der Waals surface area contributed by atoms with Crippen LogP contribution in [0.3, 0.4) is 0 Å². The Bertz CT molecular complexity index is 729. The van der Waals surface area contributed by atoms with Gasteiger partial charge in [0, 0.05) is 25.4 Å². The predicted molar refractivity (Wildman–Crippen MR) is 93.5 cm³/mol. The van der Waals surface area contributed by atoms with Gasteiger partial charge in [-0.2, -0.15) is 0 Å². The zero-order valence-corrected chi connectivity index (χ0v) is 14.8. The van der Waals surface area contributed by atoms with E-state index in [1.54, 1.807) is 17.0 Å². The van der Waals surface area contributed by atoms with Crippen LogP contribution in [0.15, 0.2) is 24.3 Å². The second-order valence-electron chi connectivity index (χ2n) is 6.68. The lowest BCUT2D eigenvalue weighted by molar-refractivity contribution is -0.137. The van der Waals surface area contributed by atoms with Gasteiger partial charge in [0.15, 0.2) is 6.61 Å². The topological polar surface area (TPSA) is 84.0 Å². The highest BCUT2D eigenvalue weighted by Crippen LogP contribution is 2.23. The molecule has 1 aromatic carbocycles. The van der Waals surface area contributed by atoms with E-state index in [0.29, 0.717) is 12.2 Å². The van der Waals surface area contributed by atoms with Crippen molar-refractivity contribution in [3.05, 3.63) is 29.8 Å². The molecular formula is C19H22N2O5. The van der Waals surface area contributed by atoms with Crippen LogP contribution in [0.5, 0.6) is 0 Å². The number of amides is 3. The van der Waals surface area contributed by atoms with Crippen molar-refractivity contribution in [3.8, 4) is 0 Å². The fraction of sp³-hybridized carbons (Fsp3) is 0.474. The summed E-state index contributed by atoms with van der Waals surface area (Å²) in [6, 6.07) is 6.31. The van der Waals surface area contributed by atoms with Crippen LogP contribution in [0, 0.1) is 0 Å². The fourth-order valence-corrected chi connectivity index (χ4v) is 3.40. The number of imide groups is 1. The van der Waals surface area contributed by atoms with Crippen molar-refractivity contribution in [2.24, 2.45) is 0 Å². The van der Waals surface area contributed by atoms with E-state index in [9.17, 15) is 19.2 Å². The lowest BCUT2D eigenvalue weighted by atomic mass is 10.0. The van der Waals surface area contributed by atoms with Crippen molar-refractivity contribution in [1.82, 2.24) is 4.90 Å². The number of benzene rings is 1. The maximum absolute atomic E-state index is 12.3. The molecule has 7 nitrogen and oxygen atoms in total. The number of esters is 1. The third kappa shape index (κ3) is 3.76. The zero-order valence-electron chi connectivity index (χ0n) is 14.8. The van der Waals surface area contributed by atoms with E-state index < -0.39 is 5.97 Å². The summed E-state index contributed by atoms with van der Waals surface area (Å²) >= 11 is 0. The first-order valence-electron chi connectivity index (χ1n) is 8.90. The maximum Gasteiger partial charge on any atom is 0.338 e. The minimum Gasteiger partial charge on any atom is -0.452 e. The summed E-state index contributed by atoms with van der Waals surface area (Å²) in [4.78, 5) is 51.0. The fourth-order valence-electron chi connectivity index (χ4n) is 3.40. The van der Waals surface area contributed by atoms with E-state index in [1.807, 2.05) is 6.92 Å². The summed E-state index contributed by atoms with van der Waals surface area (Å²) in [6.07, 6.45) is 3.38. The molecule has 138 valence electrons. The van der Waals surface area contributed by atoms with Gasteiger partial charge in [0.05, 0.1) is 11.3 Å². The van der Waals surface area contributed by atoms with Crippen LogP contribution < -0.4 is 4.90 Å². The van der Waals surface area contributed by atoms with E-state index in [4.69, 9.17) is 4.74 Å². The highest BCUT2D eigenvalue weighted by atomic mass is 16.5. The van der Waals surface area contributed by atoms with E-state index in [2.05, 4.69) is 0 Å². The van der Waals surface area contributed by atoms with Crippen molar-refractivity contribution in [3.63, 3.8) is 0 Å². The van der Waals surface area contributed by atoms with E-state index >= 15 is 0 Å². The number of piperidine rings is 1. The first-order valence-corrected chi connectivity index (χ1v) is 8.90. The number of rotatable bonds is 4. The van der Waals surface area contributed by atoms with Gasteiger partial charge < -0.3 is 9.64 Å². The number of hydrogen-bond acceptors (Lipinski definition) is 5. The van der Waals surface area contributed by atoms with Gasteiger partial charge in [-0.15, -0.1) is 0 Å². The van der Waals surface area contributed by atoms with Crippen molar-refractivity contribution < 1.29 is 23.9 Å². The lowest BCUT2D eigenvalue weighted by Crippen LogP contribution is -2.44. The molecule has 0 radical (unpaired) electrons. The second-order valence-corrected chi connectivity index (χ2v) is 6.68. The van der Waals surface area contributed by atoms with Gasteiger partial charge in [-0.25, -0.2) is 4.79 Å². The number of likely N-dealkylation sites (tertiary alicyclic amines) is 1. The summed E-state index contributed by atoms with van der Waals surface area (Å²) in [5.41, 5.74) is 0.553. The molecule has 1 unspecified atom stereocenters. The molecule has 0 bridgehead atoms. The summed E-state index contributed by atoms with van der Waals surface area (Å²) in [7, 11) is 0. The van der Waals surface area contributed by atoms with E-state index in [-0.39, 0.29) is 48.8 Å². The second kappa shape index (κ2) is 7.68. The maximum atomic E-state index is 12.3. The lowest BCUT2D eigenvalue weighted by Gasteiger charge is -2.33. The van der Waals surface area contributed by atoms with Crippen molar-refractivity contribution >= 4 is 29.4 Å². The van der Waals surface area contributed by atoms with Gasteiger partial charge in [-0.3, -0.25) is 19.3 Å². The molecule has 0 N–H and O–H groups in total. The number of nitrogens with zero attached hydrogens (tertiary/aromatic N) is 2. The summed E-state index contributed by atoms with van der Waals surface area (Å²) in [5, 5.41) is 0. The molecular weight excluding hydrogens is 336 g/mol. The molecule has 2 heterocycles. The van der Waals surface area contributed by atoms with Gasteiger partial charge in [0.1, 0.15) is 0 Å². The van der Waals surface area contributed by atoms with E-state index in [1.165, 1.54) is 12.1 Å². The Morgan fingerprint density at radius 1 is 1.15 bits per heavy atom. The molecule has 26 heavy (non-hydrogen) atoms. The van der Waals surface area contributed by atoms with Gasteiger partial charge in [0.2, 0.25) is 11.8 Å². The molecule has 7 heteroatoms. The highest BCUT2D eigenvalue weighted by molar-refractivity contribution is 6.20. The molecule has 0 saturated carbocycles. The molecule has 1 atom stereocenters. The number of hydrogen-bond donors (Lipinski definition) is 0. The average molecular weight is 358 g/mol. The Hall–Kier alpha value is -2.70. The van der Waals surface area contributed by atoms with Crippen molar-refractivity contribution in [2.75, 3.05) is 18.1 Å². The first-order chi connectivity index (χ1) is 12.5. The van der Waals surface area contributed by atoms with Gasteiger partial charge in [-0.1, -0.05) is 6.07 Å². The molecule has 2 aliphatic heterocycles. The Balaban J connectivity index is 1.63. The molecule has 0 aliphatic carbocycles. The first kappa shape index (κ1) is 18.1. The number of ether oxygens (including phenoxy) is 1. The van der Waals surface area contributed by atoms with Crippen LogP contribution >= 0.6 is 0 Å². The van der Waals surface area contributed by atoms with E-state index in [0.717, 1.165) is 24.2 Å². The van der Waals surface area contributed by atoms with Crippen LogP contribution in [0.25, 0.3) is 0 Å². The standard InChI is InChI=1S/C19H22N2O5/c1-13-5-2-3-10-20(13)18(24)12-26-19(25)14-6-4-7-15(11-14)21-16(22)8-9-17(21)23/h4,6-7,11,13H,2-3,5,8-10,12H2,1H3. The smallest absolute Gasteiger partial charge is 0.338 e. The minimum absolute atomic E-state index is 0.158. The number of carbonyl (C=O) groups excluding carboxylic acids is 4. The molecule has 3 rings (SSSR count). The molecule has 0 aromatic heterocycles. The summed E-state index contributed by atoms with van der Waals surface area (Å²) in [6.45, 7) is 2.37. The van der Waals surface area contributed by atoms with Crippen LogP contribution in [0.4, 0.5) is 5.69 Å². The Kier molecular flexibility index (Phi) is 5.35. The molecule has 2 fully saturated rings. The average Bonchev–Trinajstić information content (AvgIpc) is 2.98. The SMILES string of the molecule is CC1CCCCN1C(=O)COC(=O)c1cccc(N2C(=O)CCC2=O)c1. The summed E-state index contributed by atoms with van der Waals surface area (Å²) < 4.78 is 5.14. The van der Waals surface area contributed by atoms with Gasteiger partial charge >= 0.3 is 5.97 Å². The van der Waals surface area contributed by atoms with Gasteiger partial charge in [-0.05, 0) is 44.4 Å². The van der Waals surface area contributed by atoms with Crippen LogP contribution in [-0.2, 0) is 19.1 Å². The monoisotopic (exact) mass is 358 g/mol. The Labute approximate surface area is 151 Å². The molecule has 2 aliphatic rings. The van der Waals surface area contributed by atoms with Crippen LogP contribution in [0.2, 0.25) is 0 Å². The molecule has 0 spiro atoms. The molecule has 2 saturated heterocycles.